The fourth-order valence-electron chi connectivity index (χ4n) is 2.42. The molecule has 16 heavy (non-hydrogen) atoms. The number of amides is 1. The predicted molar refractivity (Wildman–Crippen MR) is 50.0 cm³/mol. The number of carbonyl (C=O) groups is 1. The van der Waals surface area contributed by atoms with Gasteiger partial charge in [0.15, 0.2) is 6.29 Å². The zero-order valence-electron chi connectivity index (χ0n) is 8.70. The predicted octanol–water partition coefficient (Wildman–Crippen LogP) is -3.08. The lowest BCUT2D eigenvalue weighted by molar-refractivity contribution is -0.227. The Morgan fingerprint density at radius 2 is 2.12 bits per heavy atom. The second-order valence-electron chi connectivity index (χ2n) is 4.28. The molecule has 0 aromatic heterocycles. The van der Waals surface area contributed by atoms with Crippen molar-refractivity contribution in [1.29, 1.82) is 0 Å². The second kappa shape index (κ2) is 3.64. The minimum absolute atomic E-state index is 0.392. The molecule has 7 nitrogen and oxygen atoms in total. The highest BCUT2D eigenvalue weighted by atomic mass is 16.6. The first-order valence-corrected chi connectivity index (χ1v) is 5.04. The molecule has 5 unspecified atom stereocenters. The Morgan fingerprint density at radius 1 is 1.50 bits per heavy atom. The van der Waals surface area contributed by atoms with E-state index in [1.165, 1.54) is 6.92 Å². The van der Waals surface area contributed by atoms with Gasteiger partial charge >= 0.3 is 0 Å². The zero-order valence-corrected chi connectivity index (χ0v) is 8.70. The number of rotatable bonds is 2. The van der Waals surface area contributed by atoms with Crippen LogP contribution in [0.4, 0.5) is 0 Å². The minimum atomic E-state index is -1.58. The van der Waals surface area contributed by atoms with Crippen LogP contribution in [0.5, 0.6) is 0 Å². The van der Waals surface area contributed by atoms with Crippen LogP contribution in [0.25, 0.3) is 0 Å². The highest BCUT2D eigenvalue weighted by Gasteiger charge is 2.75. The average Bonchev–Trinajstić information content (AvgIpc) is 2.75. The first kappa shape index (κ1) is 11.7. The van der Waals surface area contributed by atoms with E-state index < -0.39 is 48.6 Å². The third-order valence-corrected chi connectivity index (χ3v) is 3.29. The number of nitrogens with one attached hydrogen (secondary N) is 1. The summed E-state index contributed by atoms with van der Waals surface area (Å²) in [6.45, 7) is 0.757. The van der Waals surface area contributed by atoms with Crippen molar-refractivity contribution in [2.45, 2.75) is 37.1 Å². The van der Waals surface area contributed by atoms with Gasteiger partial charge in [0.2, 0.25) is 5.91 Å². The van der Waals surface area contributed by atoms with Crippen molar-refractivity contribution in [3.8, 4) is 0 Å². The van der Waals surface area contributed by atoms with E-state index in [1.807, 2.05) is 0 Å². The molecule has 1 aliphatic heterocycles. The summed E-state index contributed by atoms with van der Waals surface area (Å²) in [4.78, 5) is 10.9. The summed E-state index contributed by atoms with van der Waals surface area (Å²) in [6.07, 6.45) is -3.49. The number of ether oxygens (including phenoxy) is 1. The van der Waals surface area contributed by atoms with Crippen LogP contribution in [-0.4, -0.2) is 63.1 Å². The quantitative estimate of drug-likeness (QED) is 0.345. The van der Waals surface area contributed by atoms with E-state index in [4.69, 9.17) is 9.84 Å². The molecule has 0 bridgehead atoms. The van der Waals surface area contributed by atoms with E-state index >= 15 is 0 Å². The molecule has 2 fully saturated rings. The average molecular weight is 233 g/mol. The van der Waals surface area contributed by atoms with E-state index in [0.717, 1.165) is 0 Å². The number of fused-ring (bicyclic) bond motifs is 1. The van der Waals surface area contributed by atoms with Crippen LogP contribution in [0.2, 0.25) is 0 Å². The maximum atomic E-state index is 10.9. The summed E-state index contributed by atoms with van der Waals surface area (Å²) in [5.74, 6) is -1.10. The van der Waals surface area contributed by atoms with Crippen molar-refractivity contribution in [2.24, 2.45) is 5.92 Å². The molecule has 0 aromatic carbocycles. The molecule has 92 valence electrons. The van der Waals surface area contributed by atoms with Crippen LogP contribution in [0.1, 0.15) is 6.92 Å². The molecule has 1 heterocycles. The maximum absolute atomic E-state index is 10.9. The first-order valence-electron chi connectivity index (χ1n) is 5.04. The van der Waals surface area contributed by atoms with E-state index in [1.54, 1.807) is 0 Å². The molecular formula is C9H15NO6. The van der Waals surface area contributed by atoms with Crippen LogP contribution in [0.15, 0.2) is 0 Å². The lowest BCUT2D eigenvalue weighted by Gasteiger charge is -2.35. The lowest BCUT2D eigenvalue weighted by Crippen LogP contribution is -2.56. The van der Waals surface area contributed by atoms with Crippen LogP contribution in [0, 0.1) is 5.92 Å². The summed E-state index contributed by atoms with van der Waals surface area (Å²) in [7, 11) is 0. The fraction of sp³-hybridized carbons (Fsp3) is 0.889. The van der Waals surface area contributed by atoms with Crippen LogP contribution < -0.4 is 5.32 Å². The smallest absolute Gasteiger partial charge is 0.217 e. The molecule has 0 spiro atoms. The lowest BCUT2D eigenvalue weighted by atomic mass is 10.0. The SMILES string of the molecule is CC(=O)NC1C2C(O)C2(O)C(CO)O[C@H]1O. The Hall–Kier alpha value is -0.730. The van der Waals surface area contributed by atoms with Gasteiger partial charge in [0.25, 0.3) is 0 Å². The van der Waals surface area contributed by atoms with Crippen LogP contribution >= 0.6 is 0 Å². The van der Waals surface area contributed by atoms with Crippen molar-refractivity contribution in [2.75, 3.05) is 6.61 Å². The Labute approximate surface area is 91.6 Å². The highest BCUT2D eigenvalue weighted by molar-refractivity contribution is 5.73. The molecular weight excluding hydrogens is 218 g/mol. The van der Waals surface area contributed by atoms with Crippen molar-refractivity contribution < 1.29 is 30.0 Å². The molecule has 0 aromatic rings. The van der Waals surface area contributed by atoms with Gasteiger partial charge in [-0.15, -0.1) is 0 Å². The molecule has 0 radical (unpaired) electrons. The summed E-state index contributed by atoms with van der Waals surface area (Å²) in [5.41, 5.74) is -1.58. The van der Waals surface area contributed by atoms with Crippen molar-refractivity contribution in [3.63, 3.8) is 0 Å². The van der Waals surface area contributed by atoms with Gasteiger partial charge in [-0.05, 0) is 0 Å². The van der Waals surface area contributed by atoms with Gasteiger partial charge in [0.1, 0.15) is 11.7 Å². The van der Waals surface area contributed by atoms with Gasteiger partial charge in [-0.2, -0.15) is 0 Å². The van der Waals surface area contributed by atoms with Gasteiger partial charge in [0.05, 0.1) is 18.8 Å². The summed E-state index contributed by atoms with van der Waals surface area (Å²) < 4.78 is 4.96. The number of hydrogen-bond acceptors (Lipinski definition) is 6. The topological polar surface area (TPSA) is 119 Å². The molecule has 2 rings (SSSR count). The minimum Gasteiger partial charge on any atom is -0.394 e. The van der Waals surface area contributed by atoms with Crippen molar-refractivity contribution in [1.82, 2.24) is 5.32 Å². The van der Waals surface area contributed by atoms with E-state index in [9.17, 15) is 20.1 Å². The number of aliphatic hydroxyl groups excluding tert-OH is 3. The number of carbonyl (C=O) groups excluding carboxylic acids is 1. The van der Waals surface area contributed by atoms with Crippen LogP contribution in [0.3, 0.4) is 0 Å². The molecule has 2 aliphatic rings. The van der Waals surface area contributed by atoms with Gasteiger partial charge in [-0.3, -0.25) is 4.79 Å². The first-order chi connectivity index (χ1) is 7.42. The Morgan fingerprint density at radius 3 is 2.62 bits per heavy atom. The van der Waals surface area contributed by atoms with Crippen LogP contribution in [-0.2, 0) is 9.53 Å². The van der Waals surface area contributed by atoms with Gasteiger partial charge in [-0.25, -0.2) is 0 Å². The molecule has 1 aliphatic carbocycles. The Balaban J connectivity index is 2.17. The van der Waals surface area contributed by atoms with E-state index in [2.05, 4.69) is 5.32 Å². The number of hydrogen-bond donors (Lipinski definition) is 5. The van der Waals surface area contributed by atoms with Gasteiger partial charge in [-0.1, -0.05) is 0 Å². The molecule has 1 saturated heterocycles. The molecule has 6 atom stereocenters. The van der Waals surface area contributed by atoms with Gasteiger partial charge in [0, 0.05) is 12.8 Å². The number of aliphatic hydroxyl groups is 4. The molecule has 1 saturated carbocycles. The van der Waals surface area contributed by atoms with E-state index in [-0.39, 0.29) is 0 Å². The normalized spacial score (nSPS) is 50.7. The molecule has 1 amide bonds. The Bertz CT molecular complexity index is 310. The summed E-state index contributed by atoms with van der Waals surface area (Å²) in [6, 6.07) is -0.861. The van der Waals surface area contributed by atoms with Crippen molar-refractivity contribution >= 4 is 5.91 Å². The molecule has 5 N–H and O–H groups in total. The highest BCUT2D eigenvalue weighted by Crippen LogP contribution is 2.53. The third-order valence-electron chi connectivity index (χ3n) is 3.29. The Kier molecular flexibility index (Phi) is 2.67. The third kappa shape index (κ3) is 1.44. The standard InChI is InChI=1S/C9H15NO6/c1-3(12)10-6-5-7(13)9(5,15)4(2-11)16-8(6)14/h4-8,11,13-15H,2H2,1H3,(H,10,12)/t4?,5?,6?,7?,8-,9?/m1/s1. The fourth-order valence-corrected chi connectivity index (χ4v) is 2.42. The largest absolute Gasteiger partial charge is 0.394 e. The summed E-state index contributed by atoms with van der Waals surface area (Å²) in [5, 5.41) is 40.5. The zero-order chi connectivity index (χ0) is 12.1. The second-order valence-corrected chi connectivity index (χ2v) is 4.28. The summed E-state index contributed by atoms with van der Waals surface area (Å²) >= 11 is 0. The monoisotopic (exact) mass is 233 g/mol. The molecule has 7 heteroatoms. The maximum Gasteiger partial charge on any atom is 0.217 e. The van der Waals surface area contributed by atoms with Gasteiger partial charge < -0.3 is 30.5 Å². The van der Waals surface area contributed by atoms with E-state index in [0.29, 0.717) is 0 Å². The van der Waals surface area contributed by atoms with Crippen molar-refractivity contribution in [3.05, 3.63) is 0 Å².